The molecule has 1 saturated carbocycles. The molecule has 3 aliphatic rings. The molecule has 0 amide bonds. The Balaban J connectivity index is 1.55. The number of methoxy groups -OCH3 is 1. The molecule has 4 nitrogen and oxygen atoms in total. The molecule has 3 aromatic rings. The van der Waals surface area contributed by atoms with E-state index in [4.69, 9.17) is 4.74 Å². The number of ether oxygens (including phenoxy) is 1. The van der Waals surface area contributed by atoms with Gasteiger partial charge in [0.2, 0.25) is 11.5 Å². The summed E-state index contributed by atoms with van der Waals surface area (Å²) in [4.78, 5) is 13.8. The molecule has 1 fully saturated rings. The summed E-state index contributed by atoms with van der Waals surface area (Å²) in [6, 6.07) is 12.5. The quantitative estimate of drug-likeness (QED) is 0.380. The predicted molar refractivity (Wildman–Crippen MR) is 151 cm³/mol. The Bertz CT molecular complexity index is 1700. The van der Waals surface area contributed by atoms with Crippen LogP contribution in [0, 0.1) is 0 Å². The fraction of sp³-hybridized carbons (Fsp3) is 0.273. The lowest BCUT2D eigenvalue weighted by Crippen LogP contribution is -2.43. The molecule has 1 aromatic heterocycles. The molecule has 186 valence electrons. The van der Waals surface area contributed by atoms with Crippen LogP contribution in [0.2, 0.25) is 0 Å². The normalized spacial score (nSPS) is 20.2. The number of fused-ring (bicyclic) bond motifs is 3. The van der Waals surface area contributed by atoms with Gasteiger partial charge in [-0.1, -0.05) is 62.8 Å². The van der Waals surface area contributed by atoms with E-state index in [2.05, 4.69) is 65.8 Å². The maximum Gasteiger partial charge on any atom is 0.210 e. The molecule has 2 aromatic carbocycles. The van der Waals surface area contributed by atoms with E-state index in [1.807, 2.05) is 31.5 Å². The van der Waals surface area contributed by atoms with E-state index in [-0.39, 0.29) is 11.2 Å². The van der Waals surface area contributed by atoms with Crippen molar-refractivity contribution in [1.82, 2.24) is 4.57 Å². The van der Waals surface area contributed by atoms with Crippen LogP contribution in [0.1, 0.15) is 43.2 Å². The number of carbonyl (C=O) groups excluding carboxylic acids is 1. The summed E-state index contributed by atoms with van der Waals surface area (Å²) in [6.07, 6.45) is 13.8. The largest absolute Gasteiger partial charge is 0.495 e. The molecule has 0 unspecified atom stereocenters. The van der Waals surface area contributed by atoms with E-state index < -0.39 is 0 Å². The average Bonchev–Trinajstić information content (AvgIpc) is 3.34. The van der Waals surface area contributed by atoms with Gasteiger partial charge in [-0.15, -0.1) is 0 Å². The van der Waals surface area contributed by atoms with Crippen molar-refractivity contribution in [2.24, 2.45) is 7.05 Å². The molecule has 1 aliphatic heterocycles. The smallest absolute Gasteiger partial charge is 0.210 e. The lowest BCUT2D eigenvalue weighted by Gasteiger charge is -2.33. The number of Topliss-reactive ketones (excluding diaryl/α,β-unsaturated/α-hetero) is 1. The Morgan fingerprint density at radius 1 is 1.11 bits per heavy atom. The van der Waals surface area contributed by atoms with Gasteiger partial charge in [0.25, 0.3) is 0 Å². The third kappa shape index (κ3) is 3.21. The maximum absolute atomic E-state index is 13.8. The van der Waals surface area contributed by atoms with E-state index in [9.17, 15) is 4.79 Å². The van der Waals surface area contributed by atoms with Gasteiger partial charge >= 0.3 is 0 Å². The van der Waals surface area contributed by atoms with Gasteiger partial charge in [-0.3, -0.25) is 4.79 Å². The van der Waals surface area contributed by atoms with Crippen molar-refractivity contribution in [3.63, 3.8) is 0 Å². The molecular weight excluding hydrogens is 456 g/mol. The van der Waals surface area contributed by atoms with Crippen LogP contribution in [0.5, 0.6) is 0 Å². The number of hydrogen-bond donors (Lipinski definition) is 0. The number of ketones is 1. The van der Waals surface area contributed by atoms with Crippen LogP contribution in [0.15, 0.2) is 72.7 Å². The van der Waals surface area contributed by atoms with Gasteiger partial charge in [0.1, 0.15) is 12.8 Å². The molecule has 37 heavy (non-hydrogen) atoms. The first-order chi connectivity index (χ1) is 17.9. The zero-order chi connectivity index (χ0) is 25.9. The molecule has 0 N–H and O–H groups in total. The second kappa shape index (κ2) is 8.58. The fourth-order valence-electron chi connectivity index (χ4n) is 6.90. The lowest BCUT2D eigenvalue weighted by molar-refractivity contribution is -0.401. The number of aromatic nitrogens is 1. The van der Waals surface area contributed by atoms with Crippen LogP contribution >= 0.6 is 0 Å². The Morgan fingerprint density at radius 2 is 1.86 bits per heavy atom. The fourth-order valence-corrected chi connectivity index (χ4v) is 6.90. The molecule has 2 aliphatic carbocycles. The number of allylic oxidation sites excluding steroid dienone is 4. The van der Waals surface area contributed by atoms with E-state index >= 15 is 0 Å². The molecule has 0 saturated heterocycles. The molecule has 2 heterocycles. The SMILES string of the molecule is C=C/C=c1/c2c(ccc1=C)[N+](C)=C(/C=C1\C(=O)C(c3cn(C)c4ccccc34)=C1OC)C21CCCCC1. The van der Waals surface area contributed by atoms with Gasteiger partial charge in [-0.2, -0.15) is 4.58 Å². The van der Waals surface area contributed by atoms with Crippen molar-refractivity contribution < 1.29 is 14.1 Å². The minimum absolute atomic E-state index is 0.0479. The van der Waals surface area contributed by atoms with Crippen molar-refractivity contribution >= 4 is 46.3 Å². The molecule has 0 radical (unpaired) electrons. The summed E-state index contributed by atoms with van der Waals surface area (Å²) >= 11 is 0. The number of nitrogens with zero attached hydrogens (tertiary/aromatic N) is 2. The summed E-state index contributed by atoms with van der Waals surface area (Å²) in [5.74, 6) is 0.728. The molecular formula is C33H33N2O2+. The predicted octanol–water partition coefficient (Wildman–Crippen LogP) is 5.05. The van der Waals surface area contributed by atoms with Crippen LogP contribution in [-0.2, 0) is 22.0 Å². The number of carbonyl (C=O) groups is 1. The first kappa shape index (κ1) is 23.5. The van der Waals surface area contributed by atoms with Crippen molar-refractivity contribution in [3.8, 4) is 0 Å². The van der Waals surface area contributed by atoms with E-state index in [0.29, 0.717) is 16.9 Å². The third-order valence-electron chi connectivity index (χ3n) is 8.59. The Kier molecular flexibility index (Phi) is 5.45. The zero-order valence-corrected chi connectivity index (χ0v) is 21.9. The van der Waals surface area contributed by atoms with Gasteiger partial charge in [0.05, 0.1) is 23.7 Å². The summed E-state index contributed by atoms with van der Waals surface area (Å²) in [6.45, 7) is 8.31. The summed E-state index contributed by atoms with van der Waals surface area (Å²) in [7, 11) is 5.81. The summed E-state index contributed by atoms with van der Waals surface area (Å²) < 4.78 is 10.2. The monoisotopic (exact) mass is 489 g/mol. The average molecular weight is 490 g/mol. The lowest BCUT2D eigenvalue weighted by atomic mass is 9.66. The molecule has 0 atom stereocenters. The van der Waals surface area contributed by atoms with Crippen LogP contribution in [0.3, 0.4) is 0 Å². The first-order valence-electron chi connectivity index (χ1n) is 13.1. The Hall–Kier alpha value is -3.92. The Labute approximate surface area is 217 Å². The van der Waals surface area contributed by atoms with Crippen molar-refractivity contribution in [2.45, 2.75) is 37.5 Å². The van der Waals surface area contributed by atoms with Gasteiger partial charge in [-0.25, -0.2) is 0 Å². The highest BCUT2D eigenvalue weighted by Crippen LogP contribution is 2.49. The molecule has 0 bridgehead atoms. The standard InChI is InChI=1S/C33H33N2O2/c1-6-12-22-21(2)15-16-27-30(22)33(17-10-7-11-18-33)28(35(27)4)19-24-31(36)29(32(24)37-5)25-20-34(3)26-14-9-8-13-23(25)26/h6,8-9,12-16,19-20H,1-2,7,10-11,17-18H2,3-5H3/q+1/b22-12+. The Morgan fingerprint density at radius 3 is 2.59 bits per heavy atom. The molecule has 1 spiro atoms. The maximum atomic E-state index is 13.8. The van der Waals surface area contributed by atoms with E-state index in [1.165, 1.54) is 23.4 Å². The van der Waals surface area contributed by atoms with Gasteiger partial charge in [0.15, 0.2) is 5.71 Å². The highest BCUT2D eigenvalue weighted by atomic mass is 16.5. The number of aryl methyl sites for hydroxylation is 1. The summed E-state index contributed by atoms with van der Waals surface area (Å²) in [5, 5.41) is 3.24. The third-order valence-corrected chi connectivity index (χ3v) is 8.59. The number of benzene rings is 2. The van der Waals surface area contributed by atoms with E-state index in [1.54, 1.807) is 7.11 Å². The minimum Gasteiger partial charge on any atom is -0.495 e. The van der Waals surface area contributed by atoms with Gasteiger partial charge in [-0.05, 0) is 35.4 Å². The molecule has 4 heteroatoms. The topological polar surface area (TPSA) is 34.2 Å². The summed E-state index contributed by atoms with van der Waals surface area (Å²) in [5.41, 5.74) is 6.92. The number of rotatable bonds is 4. The van der Waals surface area contributed by atoms with Crippen LogP contribution in [-0.4, -0.2) is 34.8 Å². The highest BCUT2D eigenvalue weighted by molar-refractivity contribution is 6.41. The highest BCUT2D eigenvalue weighted by Gasteiger charge is 2.52. The van der Waals surface area contributed by atoms with Crippen molar-refractivity contribution in [2.75, 3.05) is 14.2 Å². The van der Waals surface area contributed by atoms with Crippen LogP contribution < -0.4 is 10.4 Å². The first-order valence-corrected chi connectivity index (χ1v) is 13.1. The van der Waals surface area contributed by atoms with Gasteiger partial charge < -0.3 is 9.30 Å². The van der Waals surface area contributed by atoms with Crippen molar-refractivity contribution in [1.29, 1.82) is 0 Å². The van der Waals surface area contributed by atoms with E-state index in [0.717, 1.165) is 52.6 Å². The minimum atomic E-state index is -0.147. The second-order valence-corrected chi connectivity index (χ2v) is 10.5. The zero-order valence-electron chi connectivity index (χ0n) is 21.9. The molecule has 6 rings (SSSR count). The number of para-hydroxylation sites is 1. The second-order valence-electron chi connectivity index (χ2n) is 10.5. The number of hydrogen-bond acceptors (Lipinski definition) is 2. The van der Waals surface area contributed by atoms with Crippen LogP contribution in [0.25, 0.3) is 29.1 Å². The van der Waals surface area contributed by atoms with Gasteiger partial charge in [0, 0.05) is 47.4 Å². The van der Waals surface area contributed by atoms with Crippen LogP contribution in [0.4, 0.5) is 5.69 Å². The van der Waals surface area contributed by atoms with Crippen molar-refractivity contribution in [3.05, 3.63) is 94.2 Å².